The van der Waals surface area contributed by atoms with Gasteiger partial charge in [-0.15, -0.1) is 11.3 Å². The molecule has 4 rings (SSSR count). The second-order valence-corrected chi connectivity index (χ2v) is 6.90. The highest BCUT2D eigenvalue weighted by Gasteiger charge is 2.33. The van der Waals surface area contributed by atoms with E-state index in [-0.39, 0.29) is 11.9 Å². The molecule has 6 heteroatoms. The van der Waals surface area contributed by atoms with Gasteiger partial charge in [0.05, 0.1) is 22.3 Å². The highest BCUT2D eigenvalue weighted by Crippen LogP contribution is 2.34. The minimum absolute atomic E-state index is 0.0112. The number of amides is 1. The second-order valence-electron chi connectivity index (χ2n) is 5.83. The predicted molar refractivity (Wildman–Crippen MR) is 88.6 cm³/mol. The molecule has 0 aliphatic carbocycles. The number of hydrogen-bond acceptors (Lipinski definition) is 5. The number of likely N-dealkylation sites (tertiary alicyclic amines) is 1. The number of aromatic nitrogens is 2. The van der Waals surface area contributed by atoms with Crippen LogP contribution >= 0.6 is 11.3 Å². The summed E-state index contributed by atoms with van der Waals surface area (Å²) < 4.78 is 5.54. The van der Waals surface area contributed by atoms with Crippen molar-refractivity contribution in [2.24, 2.45) is 0 Å². The van der Waals surface area contributed by atoms with E-state index in [0.717, 1.165) is 30.1 Å². The topological polar surface area (TPSA) is 59.2 Å². The average molecular weight is 327 g/mol. The summed E-state index contributed by atoms with van der Waals surface area (Å²) in [5, 5.41) is 3.10. The van der Waals surface area contributed by atoms with E-state index < -0.39 is 0 Å². The maximum absolute atomic E-state index is 13.1. The van der Waals surface area contributed by atoms with E-state index in [9.17, 15) is 4.79 Å². The quantitative estimate of drug-likeness (QED) is 0.717. The third-order valence-corrected chi connectivity index (χ3v) is 5.04. The number of carbonyl (C=O) groups is 1. The Balaban J connectivity index is 1.72. The molecule has 0 spiro atoms. The zero-order valence-electron chi connectivity index (χ0n) is 13.1. The minimum atomic E-state index is 0.0112. The summed E-state index contributed by atoms with van der Waals surface area (Å²) in [6.45, 7) is 4.55. The van der Waals surface area contributed by atoms with Crippen molar-refractivity contribution < 1.29 is 9.21 Å². The lowest BCUT2D eigenvalue weighted by Gasteiger charge is -2.23. The summed E-state index contributed by atoms with van der Waals surface area (Å²) in [6, 6.07) is 5.58. The van der Waals surface area contributed by atoms with Gasteiger partial charge in [0.1, 0.15) is 5.52 Å². The summed E-state index contributed by atoms with van der Waals surface area (Å²) in [7, 11) is 0. The molecule has 23 heavy (non-hydrogen) atoms. The largest absolute Gasteiger partial charge is 0.441 e. The maximum atomic E-state index is 13.1. The second kappa shape index (κ2) is 5.45. The van der Waals surface area contributed by atoms with Gasteiger partial charge in [0.15, 0.2) is 11.5 Å². The first-order valence-electron chi connectivity index (χ1n) is 7.72. The van der Waals surface area contributed by atoms with Crippen LogP contribution in [-0.2, 0) is 0 Å². The molecule has 0 radical (unpaired) electrons. The van der Waals surface area contributed by atoms with E-state index in [0.29, 0.717) is 22.6 Å². The molecule has 1 saturated heterocycles. The first-order valence-corrected chi connectivity index (χ1v) is 8.60. The summed E-state index contributed by atoms with van der Waals surface area (Å²) in [6.07, 6.45) is 1.96. The molecule has 3 aromatic rings. The molecule has 1 fully saturated rings. The van der Waals surface area contributed by atoms with Gasteiger partial charge >= 0.3 is 0 Å². The van der Waals surface area contributed by atoms with E-state index in [1.165, 1.54) is 0 Å². The van der Waals surface area contributed by atoms with Gasteiger partial charge in [-0.1, -0.05) is 6.07 Å². The van der Waals surface area contributed by atoms with Crippen molar-refractivity contribution in [3.63, 3.8) is 0 Å². The number of fused-ring (bicyclic) bond motifs is 1. The van der Waals surface area contributed by atoms with Crippen molar-refractivity contribution in [2.75, 3.05) is 6.54 Å². The first-order chi connectivity index (χ1) is 11.1. The van der Waals surface area contributed by atoms with Gasteiger partial charge < -0.3 is 9.32 Å². The van der Waals surface area contributed by atoms with E-state index in [1.54, 1.807) is 18.3 Å². The van der Waals surface area contributed by atoms with Crippen LogP contribution < -0.4 is 0 Å². The van der Waals surface area contributed by atoms with Crippen molar-refractivity contribution in [3.8, 4) is 0 Å². The molecule has 1 aliphatic rings. The molecule has 0 bridgehead atoms. The van der Waals surface area contributed by atoms with Crippen LogP contribution in [0.25, 0.3) is 11.1 Å². The summed E-state index contributed by atoms with van der Waals surface area (Å²) >= 11 is 1.63. The maximum Gasteiger partial charge on any atom is 0.256 e. The number of nitrogens with zero attached hydrogens (tertiary/aromatic N) is 3. The molecular formula is C17H17N3O2S. The van der Waals surface area contributed by atoms with E-state index in [2.05, 4.69) is 15.3 Å². The Hall–Kier alpha value is -2.21. The van der Waals surface area contributed by atoms with Gasteiger partial charge in [0.25, 0.3) is 5.91 Å². The Morgan fingerprint density at radius 1 is 1.35 bits per heavy atom. The van der Waals surface area contributed by atoms with Crippen LogP contribution in [0.5, 0.6) is 0 Å². The van der Waals surface area contributed by atoms with Crippen molar-refractivity contribution in [3.05, 3.63) is 45.7 Å². The molecule has 5 nitrogen and oxygen atoms in total. The summed E-state index contributed by atoms with van der Waals surface area (Å²) in [4.78, 5) is 24.0. The minimum Gasteiger partial charge on any atom is -0.441 e. The van der Waals surface area contributed by atoms with Gasteiger partial charge in [0, 0.05) is 18.8 Å². The summed E-state index contributed by atoms with van der Waals surface area (Å²) in [5.74, 6) is 0.588. The monoisotopic (exact) mass is 327 g/mol. The molecule has 1 aromatic carbocycles. The number of oxazole rings is 1. The lowest BCUT2D eigenvalue weighted by atomic mass is 10.1. The molecule has 1 aliphatic heterocycles. The Bertz CT molecular complexity index is 883. The molecule has 118 valence electrons. The van der Waals surface area contributed by atoms with Crippen molar-refractivity contribution in [2.45, 2.75) is 32.7 Å². The Morgan fingerprint density at radius 2 is 2.22 bits per heavy atom. The SMILES string of the molecule is Cc1nc2c(C(=O)N3CCC[C@@H]3c3csc(C)n3)cccc2o1. The Morgan fingerprint density at radius 3 is 3.00 bits per heavy atom. The van der Waals surface area contributed by atoms with Crippen LogP contribution in [0, 0.1) is 13.8 Å². The number of hydrogen-bond donors (Lipinski definition) is 0. The van der Waals surface area contributed by atoms with E-state index >= 15 is 0 Å². The Kier molecular flexibility index (Phi) is 3.41. The lowest BCUT2D eigenvalue weighted by molar-refractivity contribution is 0.0735. The number of thiazole rings is 1. The average Bonchev–Trinajstić information content (AvgIpc) is 3.23. The molecule has 3 heterocycles. The number of aryl methyl sites for hydroxylation is 2. The number of carbonyl (C=O) groups excluding carboxylic acids is 1. The molecule has 0 unspecified atom stereocenters. The van der Waals surface area contributed by atoms with E-state index in [4.69, 9.17) is 4.42 Å². The molecule has 1 atom stereocenters. The van der Waals surface area contributed by atoms with Crippen LogP contribution in [0.4, 0.5) is 0 Å². The third kappa shape index (κ3) is 2.43. The molecule has 1 amide bonds. The first kappa shape index (κ1) is 14.4. The standard InChI is InChI=1S/C17H17N3O2S/c1-10-18-16-12(5-3-7-15(16)22-10)17(21)20-8-4-6-14(20)13-9-23-11(2)19-13/h3,5,7,9,14H,4,6,8H2,1-2H3/t14-/m1/s1. The van der Waals surface area contributed by atoms with Crippen LogP contribution in [0.3, 0.4) is 0 Å². The zero-order valence-corrected chi connectivity index (χ0v) is 13.9. The van der Waals surface area contributed by atoms with Gasteiger partial charge in [0.2, 0.25) is 0 Å². The smallest absolute Gasteiger partial charge is 0.256 e. The summed E-state index contributed by atoms with van der Waals surface area (Å²) in [5.41, 5.74) is 2.92. The van der Waals surface area contributed by atoms with Gasteiger partial charge in [-0.2, -0.15) is 0 Å². The van der Waals surface area contributed by atoms with E-state index in [1.807, 2.05) is 30.0 Å². The van der Waals surface area contributed by atoms with Gasteiger partial charge in [-0.25, -0.2) is 9.97 Å². The van der Waals surface area contributed by atoms with Crippen molar-refractivity contribution in [1.29, 1.82) is 0 Å². The fourth-order valence-corrected chi connectivity index (χ4v) is 3.90. The molecule has 0 saturated carbocycles. The molecule has 0 N–H and O–H groups in total. The lowest BCUT2D eigenvalue weighted by Crippen LogP contribution is -2.30. The third-order valence-electron chi connectivity index (χ3n) is 4.25. The highest BCUT2D eigenvalue weighted by molar-refractivity contribution is 7.09. The van der Waals surface area contributed by atoms with Gasteiger partial charge in [-0.3, -0.25) is 4.79 Å². The number of rotatable bonds is 2. The van der Waals surface area contributed by atoms with Crippen LogP contribution in [0.2, 0.25) is 0 Å². The number of benzene rings is 1. The fourth-order valence-electron chi connectivity index (χ4n) is 3.24. The van der Waals surface area contributed by atoms with Crippen molar-refractivity contribution >= 4 is 28.3 Å². The Labute approximate surface area is 138 Å². The number of para-hydroxylation sites is 1. The fraction of sp³-hybridized carbons (Fsp3) is 0.353. The van der Waals surface area contributed by atoms with Gasteiger partial charge in [-0.05, 0) is 31.9 Å². The molecule has 2 aromatic heterocycles. The molecular weight excluding hydrogens is 310 g/mol. The van der Waals surface area contributed by atoms with Crippen LogP contribution in [0.15, 0.2) is 28.0 Å². The predicted octanol–water partition coefficient (Wildman–Crippen LogP) is 3.88. The zero-order chi connectivity index (χ0) is 16.0. The van der Waals surface area contributed by atoms with Crippen LogP contribution in [0.1, 0.15) is 45.8 Å². The highest BCUT2D eigenvalue weighted by atomic mass is 32.1. The van der Waals surface area contributed by atoms with Crippen molar-refractivity contribution in [1.82, 2.24) is 14.9 Å². The van der Waals surface area contributed by atoms with Crippen LogP contribution in [-0.4, -0.2) is 27.3 Å². The normalized spacial score (nSPS) is 18.0.